The number of aromatic carboxylic acids is 1. The number of rotatable bonds is 7. The maximum Gasteiger partial charge on any atom is 0.335 e. The average Bonchev–Trinajstić information content (AvgIpc) is 2.65. The number of carbonyl (C=O) groups is 1. The Morgan fingerprint density at radius 3 is 2.37 bits per heavy atom. The molecule has 0 amide bonds. The molecular weight excluding hydrogens is 342 g/mol. The summed E-state index contributed by atoms with van der Waals surface area (Å²) in [6.45, 7) is 2.58. The smallest absolute Gasteiger partial charge is 0.335 e. The van der Waals surface area contributed by atoms with Crippen LogP contribution in [0.5, 0.6) is 0 Å². The largest absolute Gasteiger partial charge is 0.478 e. The molecule has 140 valence electrons. The molecule has 0 aliphatic carbocycles. The number of nitriles is 1. The minimum Gasteiger partial charge on any atom is -0.478 e. The molecule has 0 bridgehead atoms. The molecule has 2 aromatic rings. The van der Waals surface area contributed by atoms with Crippen molar-refractivity contribution in [3.8, 4) is 6.07 Å². The van der Waals surface area contributed by atoms with Gasteiger partial charge in [-0.3, -0.25) is 4.90 Å². The van der Waals surface area contributed by atoms with Gasteiger partial charge in [-0.05, 0) is 48.4 Å². The van der Waals surface area contributed by atoms with E-state index in [1.165, 1.54) is 5.56 Å². The predicted molar refractivity (Wildman–Crippen MR) is 103 cm³/mol. The molecule has 0 atom stereocenters. The lowest BCUT2D eigenvalue weighted by Crippen LogP contribution is -2.66. The third-order valence-corrected chi connectivity index (χ3v) is 4.92. The van der Waals surface area contributed by atoms with E-state index >= 15 is 0 Å². The van der Waals surface area contributed by atoms with Gasteiger partial charge in [0.2, 0.25) is 0 Å². The molecule has 0 saturated carbocycles. The molecule has 0 aromatic heterocycles. The van der Waals surface area contributed by atoms with Crippen LogP contribution in [-0.2, 0) is 6.42 Å². The maximum atomic E-state index is 10.9. The van der Waals surface area contributed by atoms with Crippen LogP contribution >= 0.6 is 0 Å². The van der Waals surface area contributed by atoms with Crippen LogP contribution in [0.15, 0.2) is 48.5 Å². The van der Waals surface area contributed by atoms with Crippen molar-refractivity contribution in [1.29, 1.82) is 5.26 Å². The summed E-state index contributed by atoms with van der Waals surface area (Å²) in [5, 5.41) is 28.5. The van der Waals surface area contributed by atoms with Crippen LogP contribution in [0.25, 0.3) is 0 Å². The van der Waals surface area contributed by atoms with E-state index in [4.69, 9.17) is 10.4 Å². The molecule has 1 aliphatic rings. The molecule has 0 radical (unpaired) electrons. The lowest BCUT2D eigenvalue weighted by atomic mass is 9.92. The molecule has 0 unspecified atom stereocenters. The summed E-state index contributed by atoms with van der Waals surface area (Å²) in [6.07, 6.45) is 0.883. The first-order chi connectivity index (χ1) is 12.9. The molecule has 1 heterocycles. The average molecular weight is 365 g/mol. The summed E-state index contributed by atoms with van der Waals surface area (Å²) in [4.78, 5) is 15.1. The number of nitrogens with zero attached hydrogens (tertiary/aromatic N) is 3. The van der Waals surface area contributed by atoms with Crippen LogP contribution in [0.2, 0.25) is 0 Å². The summed E-state index contributed by atoms with van der Waals surface area (Å²) in [5.41, 5.74) is 2.22. The third-order valence-electron chi connectivity index (χ3n) is 4.92. The highest BCUT2D eigenvalue weighted by molar-refractivity contribution is 5.88. The Kier molecular flexibility index (Phi) is 5.45. The second-order valence-electron chi connectivity index (χ2n) is 7.20. The lowest BCUT2D eigenvalue weighted by molar-refractivity contribution is -0.0896. The SMILES string of the molecule is CN(CC1(O)CN(CCc2ccc(C#N)cc2)C1)c1ccc(C(=O)O)cc1. The number of carboxylic acid groups (broad SMARTS) is 1. The second-order valence-corrected chi connectivity index (χ2v) is 7.20. The van der Waals surface area contributed by atoms with Crippen LogP contribution in [0.1, 0.15) is 21.5 Å². The molecule has 27 heavy (non-hydrogen) atoms. The van der Waals surface area contributed by atoms with Crippen LogP contribution in [-0.4, -0.2) is 59.9 Å². The van der Waals surface area contributed by atoms with Crippen LogP contribution in [0.4, 0.5) is 5.69 Å². The normalized spacial score (nSPS) is 15.6. The Balaban J connectivity index is 1.46. The topological polar surface area (TPSA) is 87.8 Å². The van der Waals surface area contributed by atoms with Gasteiger partial charge in [-0.2, -0.15) is 5.26 Å². The Bertz CT molecular complexity index is 834. The van der Waals surface area contributed by atoms with Gasteiger partial charge in [0.25, 0.3) is 0 Å². The zero-order valence-electron chi connectivity index (χ0n) is 15.3. The molecule has 1 saturated heterocycles. The van der Waals surface area contributed by atoms with E-state index in [0.29, 0.717) is 25.2 Å². The van der Waals surface area contributed by atoms with Gasteiger partial charge in [0.1, 0.15) is 5.60 Å². The highest BCUT2D eigenvalue weighted by Gasteiger charge is 2.41. The fourth-order valence-corrected chi connectivity index (χ4v) is 3.47. The van der Waals surface area contributed by atoms with E-state index in [-0.39, 0.29) is 5.56 Å². The fourth-order valence-electron chi connectivity index (χ4n) is 3.47. The first kappa shape index (κ1) is 18.9. The van der Waals surface area contributed by atoms with Gasteiger partial charge in [-0.25, -0.2) is 4.79 Å². The number of β-amino-alcohol motifs (C(OH)–C–C–N with tert-alkyl or cyclic N) is 1. The van der Waals surface area contributed by atoms with E-state index < -0.39 is 11.6 Å². The fraction of sp³-hybridized carbons (Fsp3) is 0.333. The van der Waals surface area contributed by atoms with E-state index in [9.17, 15) is 9.90 Å². The van der Waals surface area contributed by atoms with Crippen LogP contribution < -0.4 is 4.90 Å². The third kappa shape index (κ3) is 4.64. The van der Waals surface area contributed by atoms with Crippen molar-refractivity contribution >= 4 is 11.7 Å². The van der Waals surface area contributed by atoms with Crippen LogP contribution in [0.3, 0.4) is 0 Å². The minimum absolute atomic E-state index is 0.253. The Labute approximate surface area is 158 Å². The van der Waals surface area contributed by atoms with E-state index in [0.717, 1.165) is 18.7 Å². The molecular formula is C21H23N3O3. The summed E-state index contributed by atoms with van der Waals surface area (Å²) >= 11 is 0. The molecule has 3 rings (SSSR count). The minimum atomic E-state index is -0.945. The van der Waals surface area contributed by atoms with Gasteiger partial charge in [-0.15, -0.1) is 0 Å². The Morgan fingerprint density at radius 1 is 1.19 bits per heavy atom. The highest BCUT2D eigenvalue weighted by atomic mass is 16.4. The first-order valence-corrected chi connectivity index (χ1v) is 8.87. The number of carboxylic acids is 1. The number of likely N-dealkylation sites (N-methyl/N-ethyl adjacent to an activating group) is 1. The zero-order chi connectivity index (χ0) is 19.4. The summed E-state index contributed by atoms with van der Waals surface area (Å²) in [5.74, 6) is -0.945. The van der Waals surface area contributed by atoms with Gasteiger partial charge in [0.15, 0.2) is 0 Å². The molecule has 6 heteroatoms. The lowest BCUT2D eigenvalue weighted by Gasteiger charge is -2.48. The van der Waals surface area contributed by atoms with Gasteiger partial charge >= 0.3 is 5.97 Å². The van der Waals surface area contributed by atoms with Gasteiger partial charge in [0, 0.05) is 38.9 Å². The van der Waals surface area contributed by atoms with Crippen molar-refractivity contribution in [1.82, 2.24) is 4.90 Å². The molecule has 2 aromatic carbocycles. The molecule has 1 aliphatic heterocycles. The molecule has 6 nitrogen and oxygen atoms in total. The van der Waals surface area contributed by atoms with Crippen molar-refractivity contribution in [3.63, 3.8) is 0 Å². The number of hydrogen-bond donors (Lipinski definition) is 2. The number of benzene rings is 2. The summed E-state index contributed by atoms with van der Waals surface area (Å²) < 4.78 is 0. The molecule has 2 N–H and O–H groups in total. The van der Waals surface area contributed by atoms with Crippen molar-refractivity contribution in [3.05, 3.63) is 65.2 Å². The number of hydrogen-bond acceptors (Lipinski definition) is 5. The standard InChI is InChI=1S/C21H23N3O3/c1-23(19-8-6-18(7-9-19)20(25)26)13-21(27)14-24(15-21)11-10-16-2-4-17(12-22)5-3-16/h2-9,27H,10-11,13-15H2,1H3,(H,25,26). The quantitative estimate of drug-likeness (QED) is 0.780. The molecule has 0 spiro atoms. The summed E-state index contributed by atoms with van der Waals surface area (Å²) in [7, 11) is 1.90. The van der Waals surface area contributed by atoms with Gasteiger partial charge < -0.3 is 15.1 Å². The van der Waals surface area contributed by atoms with Crippen molar-refractivity contribution in [2.24, 2.45) is 0 Å². The first-order valence-electron chi connectivity index (χ1n) is 8.87. The summed E-state index contributed by atoms with van der Waals surface area (Å²) in [6, 6.07) is 16.4. The van der Waals surface area contributed by atoms with Crippen molar-refractivity contribution < 1.29 is 15.0 Å². The Morgan fingerprint density at radius 2 is 1.81 bits per heavy atom. The molecule has 1 fully saturated rings. The number of aliphatic hydroxyl groups is 1. The number of anilines is 1. The second kappa shape index (κ2) is 7.78. The predicted octanol–water partition coefficient (Wildman–Crippen LogP) is 1.98. The maximum absolute atomic E-state index is 10.9. The van der Waals surface area contributed by atoms with E-state index in [2.05, 4.69) is 11.0 Å². The van der Waals surface area contributed by atoms with E-state index in [1.807, 2.05) is 36.2 Å². The monoisotopic (exact) mass is 365 g/mol. The van der Waals surface area contributed by atoms with Crippen LogP contribution in [0, 0.1) is 11.3 Å². The number of likely N-dealkylation sites (tertiary alicyclic amines) is 1. The van der Waals surface area contributed by atoms with Gasteiger partial charge in [-0.1, -0.05) is 12.1 Å². The highest BCUT2D eigenvalue weighted by Crippen LogP contribution is 2.25. The Hall–Kier alpha value is -2.88. The van der Waals surface area contributed by atoms with Crippen molar-refractivity contribution in [2.75, 3.05) is 38.1 Å². The van der Waals surface area contributed by atoms with Crippen molar-refractivity contribution in [2.45, 2.75) is 12.0 Å². The zero-order valence-corrected chi connectivity index (χ0v) is 15.3. The van der Waals surface area contributed by atoms with Gasteiger partial charge in [0.05, 0.1) is 17.2 Å². The van der Waals surface area contributed by atoms with E-state index in [1.54, 1.807) is 24.3 Å².